The molecular formula is C19H26Cl2N6O. The minimum Gasteiger partial charge on any atom is -0.377 e. The molecule has 7 nitrogen and oxygen atoms in total. The molecule has 1 aliphatic heterocycles. The number of aliphatic imine (C=N–C) groups is 1. The average molecular weight is 425 g/mol. The van der Waals surface area contributed by atoms with Crippen LogP contribution in [0.25, 0.3) is 0 Å². The molecule has 2 aromatic rings. The van der Waals surface area contributed by atoms with E-state index in [9.17, 15) is 0 Å². The Labute approximate surface area is 175 Å². The Hall–Kier alpha value is -1.83. The molecule has 0 amide bonds. The Kier molecular flexibility index (Phi) is 7.53. The van der Waals surface area contributed by atoms with Crippen molar-refractivity contribution in [1.29, 1.82) is 0 Å². The third-order valence-electron chi connectivity index (χ3n) is 4.67. The Morgan fingerprint density at radius 1 is 1.39 bits per heavy atom. The fraction of sp³-hybridized carbons (Fsp3) is 0.526. The van der Waals surface area contributed by atoms with Crippen molar-refractivity contribution in [3.05, 3.63) is 45.5 Å². The van der Waals surface area contributed by atoms with Gasteiger partial charge in [-0.25, -0.2) is 9.67 Å². The lowest BCUT2D eigenvalue weighted by Crippen LogP contribution is -2.47. The maximum atomic E-state index is 6.23. The summed E-state index contributed by atoms with van der Waals surface area (Å²) in [6.07, 6.45) is 3.71. The summed E-state index contributed by atoms with van der Waals surface area (Å²) in [7, 11) is 3.44. The monoisotopic (exact) mass is 424 g/mol. The minimum absolute atomic E-state index is 0.265. The van der Waals surface area contributed by atoms with Gasteiger partial charge in [0.1, 0.15) is 12.4 Å². The molecule has 0 fully saturated rings. The number of ether oxygens (including phenoxy) is 1. The molecule has 1 aromatic heterocycles. The van der Waals surface area contributed by atoms with E-state index in [2.05, 4.69) is 25.7 Å². The first-order valence-corrected chi connectivity index (χ1v) is 10.2. The standard InChI is InChI=1S/C19H26Cl2N6O/c1-22-19(23-9-3-4-13-5-6-14(20)10-16(13)21)24-15-7-8-18-25-17(12-28-2)26-27(18)11-15/h5-6,10,15H,3-4,7-9,11-12H2,1-2H3,(H2,22,23,24). The van der Waals surface area contributed by atoms with E-state index in [1.165, 1.54) is 0 Å². The third kappa shape index (κ3) is 5.59. The predicted molar refractivity (Wildman–Crippen MR) is 112 cm³/mol. The van der Waals surface area contributed by atoms with Crippen molar-refractivity contribution in [2.24, 2.45) is 4.99 Å². The number of methoxy groups -OCH3 is 1. The summed E-state index contributed by atoms with van der Waals surface area (Å²) in [5.74, 6) is 2.56. The summed E-state index contributed by atoms with van der Waals surface area (Å²) in [6, 6.07) is 5.90. The topological polar surface area (TPSA) is 76.4 Å². The van der Waals surface area contributed by atoms with Crippen LogP contribution < -0.4 is 10.6 Å². The van der Waals surface area contributed by atoms with Crippen molar-refractivity contribution >= 4 is 29.2 Å². The summed E-state index contributed by atoms with van der Waals surface area (Å²) in [5.41, 5.74) is 1.11. The molecule has 9 heteroatoms. The highest BCUT2D eigenvalue weighted by molar-refractivity contribution is 6.35. The lowest BCUT2D eigenvalue weighted by atomic mass is 10.1. The number of hydrogen-bond donors (Lipinski definition) is 2. The molecule has 0 spiro atoms. The van der Waals surface area contributed by atoms with Crippen molar-refractivity contribution in [3.63, 3.8) is 0 Å². The predicted octanol–water partition coefficient (Wildman–Crippen LogP) is 2.84. The van der Waals surface area contributed by atoms with Crippen LogP contribution in [0.2, 0.25) is 10.0 Å². The highest BCUT2D eigenvalue weighted by Crippen LogP contribution is 2.21. The maximum absolute atomic E-state index is 6.23. The van der Waals surface area contributed by atoms with Crippen molar-refractivity contribution in [3.8, 4) is 0 Å². The van der Waals surface area contributed by atoms with Gasteiger partial charge in [0, 0.05) is 43.2 Å². The van der Waals surface area contributed by atoms with E-state index in [4.69, 9.17) is 27.9 Å². The Morgan fingerprint density at radius 2 is 2.25 bits per heavy atom. The molecular weight excluding hydrogens is 399 g/mol. The van der Waals surface area contributed by atoms with Gasteiger partial charge in [-0.1, -0.05) is 29.3 Å². The van der Waals surface area contributed by atoms with Gasteiger partial charge in [0.15, 0.2) is 11.8 Å². The molecule has 1 aliphatic rings. The summed E-state index contributed by atoms with van der Waals surface area (Å²) in [6.45, 7) is 2.02. The number of hydrogen-bond acceptors (Lipinski definition) is 4. The van der Waals surface area contributed by atoms with Crippen molar-refractivity contribution in [2.75, 3.05) is 20.7 Å². The maximum Gasteiger partial charge on any atom is 0.191 e. The van der Waals surface area contributed by atoms with Gasteiger partial charge < -0.3 is 15.4 Å². The largest absolute Gasteiger partial charge is 0.377 e. The molecule has 152 valence electrons. The lowest BCUT2D eigenvalue weighted by Gasteiger charge is -2.25. The average Bonchev–Trinajstić information content (AvgIpc) is 3.07. The van der Waals surface area contributed by atoms with Crippen molar-refractivity contribution in [2.45, 2.75) is 44.9 Å². The van der Waals surface area contributed by atoms with Gasteiger partial charge in [-0.2, -0.15) is 5.10 Å². The normalized spacial score (nSPS) is 16.7. The molecule has 28 heavy (non-hydrogen) atoms. The molecule has 0 bridgehead atoms. The van der Waals surface area contributed by atoms with E-state index >= 15 is 0 Å². The zero-order chi connectivity index (χ0) is 19.9. The van der Waals surface area contributed by atoms with Crippen LogP contribution in [0.1, 0.15) is 30.1 Å². The number of nitrogens with one attached hydrogen (secondary N) is 2. The number of aryl methyl sites for hydroxylation is 2. The molecule has 0 aliphatic carbocycles. The van der Waals surface area contributed by atoms with E-state index < -0.39 is 0 Å². The first kappa shape index (κ1) is 20.9. The van der Waals surface area contributed by atoms with E-state index in [1.54, 1.807) is 20.2 Å². The summed E-state index contributed by atoms with van der Waals surface area (Å²) in [4.78, 5) is 8.84. The fourth-order valence-corrected chi connectivity index (χ4v) is 3.77. The van der Waals surface area contributed by atoms with Gasteiger partial charge in [0.25, 0.3) is 0 Å². The molecule has 3 rings (SSSR count). The summed E-state index contributed by atoms with van der Waals surface area (Å²) in [5, 5.41) is 12.7. The van der Waals surface area contributed by atoms with Crippen LogP contribution in [0.4, 0.5) is 0 Å². The first-order chi connectivity index (χ1) is 13.6. The van der Waals surface area contributed by atoms with Crippen LogP contribution in [0.15, 0.2) is 23.2 Å². The molecule has 1 aromatic carbocycles. The number of guanidine groups is 1. The highest BCUT2D eigenvalue weighted by Gasteiger charge is 2.22. The molecule has 0 saturated carbocycles. The number of aromatic nitrogens is 3. The van der Waals surface area contributed by atoms with E-state index in [-0.39, 0.29) is 6.04 Å². The van der Waals surface area contributed by atoms with E-state index in [0.29, 0.717) is 16.7 Å². The second kappa shape index (κ2) is 10.1. The van der Waals surface area contributed by atoms with Crippen LogP contribution in [0, 0.1) is 0 Å². The first-order valence-electron chi connectivity index (χ1n) is 9.41. The number of fused-ring (bicyclic) bond motifs is 1. The molecule has 1 atom stereocenters. The van der Waals surface area contributed by atoms with Gasteiger partial charge >= 0.3 is 0 Å². The molecule has 1 unspecified atom stereocenters. The van der Waals surface area contributed by atoms with Crippen LogP contribution in [-0.2, 0) is 30.7 Å². The number of rotatable bonds is 7. The van der Waals surface area contributed by atoms with Crippen LogP contribution in [0.3, 0.4) is 0 Å². The Morgan fingerprint density at radius 3 is 3.00 bits per heavy atom. The lowest BCUT2D eigenvalue weighted by molar-refractivity contribution is 0.177. The highest BCUT2D eigenvalue weighted by atomic mass is 35.5. The second-order valence-electron chi connectivity index (χ2n) is 6.78. The van der Waals surface area contributed by atoms with Crippen molar-refractivity contribution in [1.82, 2.24) is 25.4 Å². The van der Waals surface area contributed by atoms with Gasteiger partial charge in [0.05, 0.1) is 6.54 Å². The number of benzene rings is 1. The zero-order valence-corrected chi connectivity index (χ0v) is 17.7. The Bertz CT molecular complexity index is 823. The van der Waals surface area contributed by atoms with Crippen LogP contribution >= 0.6 is 23.2 Å². The summed E-state index contributed by atoms with van der Waals surface area (Å²) >= 11 is 12.2. The zero-order valence-electron chi connectivity index (χ0n) is 16.2. The number of halogens is 2. The SMILES string of the molecule is CN=C(NCCCc1ccc(Cl)cc1Cl)NC1CCc2nc(COC)nn2C1. The smallest absolute Gasteiger partial charge is 0.191 e. The third-order valence-corrected chi connectivity index (χ3v) is 5.26. The molecule has 2 heterocycles. The fourth-order valence-electron chi connectivity index (χ4n) is 3.27. The summed E-state index contributed by atoms with van der Waals surface area (Å²) < 4.78 is 7.08. The Balaban J connectivity index is 1.44. The van der Waals surface area contributed by atoms with Gasteiger partial charge in [0.2, 0.25) is 0 Å². The second-order valence-corrected chi connectivity index (χ2v) is 7.62. The van der Waals surface area contributed by atoms with Gasteiger partial charge in [-0.3, -0.25) is 4.99 Å². The number of nitrogens with zero attached hydrogens (tertiary/aromatic N) is 4. The van der Waals surface area contributed by atoms with Crippen molar-refractivity contribution < 1.29 is 4.74 Å². The van der Waals surface area contributed by atoms with E-state index in [1.807, 2.05) is 16.8 Å². The van der Waals surface area contributed by atoms with Gasteiger partial charge in [-0.15, -0.1) is 0 Å². The van der Waals surface area contributed by atoms with Gasteiger partial charge in [-0.05, 0) is 37.0 Å². The minimum atomic E-state index is 0.265. The molecule has 2 N–H and O–H groups in total. The van der Waals surface area contributed by atoms with Crippen LogP contribution in [0.5, 0.6) is 0 Å². The molecule has 0 saturated heterocycles. The van der Waals surface area contributed by atoms with Crippen LogP contribution in [-0.4, -0.2) is 47.5 Å². The van der Waals surface area contributed by atoms with E-state index in [0.717, 1.165) is 61.9 Å². The quantitative estimate of drug-likeness (QED) is 0.405. The molecule has 0 radical (unpaired) electrons.